The summed E-state index contributed by atoms with van der Waals surface area (Å²) in [4.78, 5) is 54.0. The van der Waals surface area contributed by atoms with Gasteiger partial charge in [0, 0.05) is 35.9 Å². The molecule has 2 aromatic heterocycles. The fourth-order valence-electron chi connectivity index (χ4n) is 4.32. The first kappa shape index (κ1) is 25.7. The molecule has 0 saturated carbocycles. The van der Waals surface area contributed by atoms with Crippen LogP contribution in [-0.2, 0) is 16.1 Å². The van der Waals surface area contributed by atoms with Crippen molar-refractivity contribution in [1.82, 2.24) is 19.8 Å². The number of carboxylic acid groups (broad SMARTS) is 1. The summed E-state index contributed by atoms with van der Waals surface area (Å²) in [6.45, 7) is 1.61. The number of pyridine rings is 1. The third-order valence-electron chi connectivity index (χ3n) is 6.17. The summed E-state index contributed by atoms with van der Waals surface area (Å²) in [5.74, 6) is -1.15. The molecule has 4 N–H and O–H groups in total. The number of fused-ring (bicyclic) bond motifs is 1. The summed E-state index contributed by atoms with van der Waals surface area (Å²) >= 11 is 0. The quantitative estimate of drug-likeness (QED) is 0.329. The second kappa shape index (κ2) is 11.5. The number of H-pyrrole nitrogens is 1. The van der Waals surface area contributed by atoms with Crippen LogP contribution < -0.4 is 16.2 Å². The summed E-state index contributed by atoms with van der Waals surface area (Å²) in [6, 6.07) is 7.98. The smallest absolute Gasteiger partial charge is 0.405 e. The third-order valence-corrected chi connectivity index (χ3v) is 6.17. The van der Waals surface area contributed by atoms with E-state index in [1.54, 1.807) is 35.4 Å². The molecule has 0 radical (unpaired) electrons. The van der Waals surface area contributed by atoms with Crippen LogP contribution in [-0.4, -0.2) is 56.6 Å². The lowest BCUT2D eigenvalue weighted by Gasteiger charge is -2.16. The van der Waals surface area contributed by atoms with Crippen LogP contribution in [0.2, 0.25) is 0 Å². The highest BCUT2D eigenvalue weighted by atomic mass is 19.1. The van der Waals surface area contributed by atoms with E-state index in [9.17, 15) is 23.6 Å². The van der Waals surface area contributed by atoms with E-state index in [4.69, 9.17) is 5.11 Å². The van der Waals surface area contributed by atoms with Gasteiger partial charge in [-0.05, 0) is 68.2 Å². The number of hydrogen-bond acceptors (Lipinski definition) is 4. The molecular weight excluding hydrogens is 481 g/mol. The predicted octanol–water partition coefficient (Wildman–Crippen LogP) is 3.05. The number of benzene rings is 1. The number of nitrogens with zero attached hydrogens (tertiary/aromatic N) is 2. The average molecular weight is 510 g/mol. The van der Waals surface area contributed by atoms with Gasteiger partial charge in [0.05, 0.1) is 6.54 Å². The van der Waals surface area contributed by atoms with E-state index >= 15 is 0 Å². The molecule has 3 amide bonds. The van der Waals surface area contributed by atoms with Crippen molar-refractivity contribution in [2.24, 2.45) is 0 Å². The standard InChI is InChI=1S/C26H28FN5O5/c27-18-9-10-20-17(14-18)15-19(28-20)16-32-13-5-7-22(25(32)35)29-24(34)21(30-26(36)37)6-1-2-8-23(33)31-11-3-4-12-31/h2,5,7-10,13-15,21,28,30H,1,3-4,6,11-12,16H2,(H,29,34)(H,36,37)/b8-2+. The van der Waals surface area contributed by atoms with Crippen molar-refractivity contribution in [2.75, 3.05) is 18.4 Å². The molecule has 0 bridgehead atoms. The van der Waals surface area contributed by atoms with Crippen LogP contribution in [0.1, 0.15) is 31.4 Å². The first-order valence-electron chi connectivity index (χ1n) is 12.0. The van der Waals surface area contributed by atoms with Gasteiger partial charge in [0.15, 0.2) is 0 Å². The Morgan fingerprint density at radius 1 is 1.16 bits per heavy atom. The second-order valence-electron chi connectivity index (χ2n) is 8.88. The summed E-state index contributed by atoms with van der Waals surface area (Å²) in [6.07, 6.45) is 5.59. The summed E-state index contributed by atoms with van der Waals surface area (Å²) in [7, 11) is 0. The van der Waals surface area contributed by atoms with Crippen LogP contribution in [0.4, 0.5) is 14.9 Å². The minimum absolute atomic E-state index is 0.00778. The lowest BCUT2D eigenvalue weighted by Crippen LogP contribution is -2.44. The van der Waals surface area contributed by atoms with Crippen molar-refractivity contribution in [3.8, 4) is 0 Å². The van der Waals surface area contributed by atoms with E-state index in [2.05, 4.69) is 15.6 Å². The molecular formula is C26H28FN5O5. The number of nitrogens with one attached hydrogen (secondary N) is 3. The van der Waals surface area contributed by atoms with Crippen LogP contribution >= 0.6 is 0 Å². The number of amides is 3. The molecule has 1 aliphatic rings. The van der Waals surface area contributed by atoms with Gasteiger partial charge in [0.2, 0.25) is 11.8 Å². The first-order chi connectivity index (χ1) is 17.8. The molecule has 3 heterocycles. The lowest BCUT2D eigenvalue weighted by atomic mass is 10.1. The first-order valence-corrected chi connectivity index (χ1v) is 12.0. The van der Waals surface area contributed by atoms with Crippen LogP contribution in [0, 0.1) is 5.82 Å². The molecule has 1 unspecified atom stereocenters. The van der Waals surface area contributed by atoms with E-state index < -0.39 is 23.6 Å². The molecule has 1 fully saturated rings. The Kier molecular flexibility index (Phi) is 8.02. The zero-order chi connectivity index (χ0) is 26.4. The Hall–Kier alpha value is -4.41. The van der Waals surface area contributed by atoms with E-state index in [1.807, 2.05) is 0 Å². The molecule has 4 rings (SSSR count). The number of halogens is 1. The molecule has 194 valence electrons. The van der Waals surface area contributed by atoms with Gasteiger partial charge in [-0.25, -0.2) is 9.18 Å². The van der Waals surface area contributed by atoms with E-state index in [1.165, 1.54) is 28.8 Å². The fraction of sp³-hybridized carbons (Fsp3) is 0.308. The number of carbonyl (C=O) groups is 3. The maximum absolute atomic E-state index is 13.5. The fourth-order valence-corrected chi connectivity index (χ4v) is 4.32. The topological polar surface area (TPSA) is 137 Å². The van der Waals surface area contributed by atoms with Gasteiger partial charge in [-0.1, -0.05) is 6.08 Å². The second-order valence-corrected chi connectivity index (χ2v) is 8.88. The third kappa shape index (κ3) is 6.63. The molecule has 1 saturated heterocycles. The Balaban J connectivity index is 1.41. The molecule has 11 heteroatoms. The van der Waals surface area contributed by atoms with Gasteiger partial charge in [-0.2, -0.15) is 0 Å². The van der Waals surface area contributed by atoms with E-state index in [0.29, 0.717) is 11.1 Å². The monoisotopic (exact) mass is 509 g/mol. The summed E-state index contributed by atoms with van der Waals surface area (Å²) < 4.78 is 14.9. The Morgan fingerprint density at radius 2 is 1.95 bits per heavy atom. The van der Waals surface area contributed by atoms with Crippen LogP contribution in [0.25, 0.3) is 10.9 Å². The molecule has 37 heavy (non-hydrogen) atoms. The van der Waals surface area contributed by atoms with Crippen molar-refractivity contribution < 1.29 is 23.9 Å². The molecule has 1 aromatic carbocycles. The van der Waals surface area contributed by atoms with Crippen molar-refractivity contribution in [3.05, 3.63) is 76.6 Å². The van der Waals surface area contributed by atoms with Crippen LogP contribution in [0.5, 0.6) is 0 Å². The number of carbonyl (C=O) groups excluding carboxylic acids is 2. The molecule has 10 nitrogen and oxygen atoms in total. The van der Waals surface area contributed by atoms with Gasteiger partial charge < -0.3 is 30.2 Å². The highest BCUT2D eigenvalue weighted by Gasteiger charge is 2.21. The minimum atomic E-state index is -1.38. The molecule has 1 atom stereocenters. The zero-order valence-corrected chi connectivity index (χ0v) is 20.1. The molecule has 0 aliphatic carbocycles. The largest absolute Gasteiger partial charge is 0.465 e. The van der Waals surface area contributed by atoms with Gasteiger partial charge in [0.1, 0.15) is 17.5 Å². The normalized spacial score (nSPS) is 14.2. The number of anilines is 1. The Labute approximate surface area is 211 Å². The number of likely N-dealkylation sites (tertiary alicyclic amines) is 1. The molecule has 3 aromatic rings. The average Bonchev–Trinajstić information content (AvgIpc) is 3.53. The number of hydrogen-bond donors (Lipinski definition) is 4. The maximum atomic E-state index is 13.5. The van der Waals surface area contributed by atoms with E-state index in [0.717, 1.165) is 31.4 Å². The van der Waals surface area contributed by atoms with Gasteiger partial charge >= 0.3 is 6.09 Å². The Morgan fingerprint density at radius 3 is 2.70 bits per heavy atom. The Bertz CT molecular complexity index is 1390. The number of rotatable bonds is 9. The van der Waals surface area contributed by atoms with E-state index in [-0.39, 0.29) is 36.8 Å². The number of aromatic amines is 1. The highest BCUT2D eigenvalue weighted by Crippen LogP contribution is 2.17. The van der Waals surface area contributed by atoms with Crippen molar-refractivity contribution in [2.45, 2.75) is 38.3 Å². The summed E-state index contributed by atoms with van der Waals surface area (Å²) in [5, 5.41) is 14.5. The summed E-state index contributed by atoms with van der Waals surface area (Å²) in [5.41, 5.74) is 0.914. The van der Waals surface area contributed by atoms with Crippen molar-refractivity contribution >= 4 is 34.5 Å². The van der Waals surface area contributed by atoms with Gasteiger partial charge in [-0.3, -0.25) is 14.4 Å². The van der Waals surface area contributed by atoms with Gasteiger partial charge in [0.25, 0.3) is 5.56 Å². The highest BCUT2D eigenvalue weighted by molar-refractivity contribution is 5.96. The lowest BCUT2D eigenvalue weighted by molar-refractivity contribution is -0.125. The van der Waals surface area contributed by atoms with Gasteiger partial charge in [-0.15, -0.1) is 0 Å². The van der Waals surface area contributed by atoms with Crippen molar-refractivity contribution in [1.29, 1.82) is 0 Å². The zero-order valence-electron chi connectivity index (χ0n) is 20.1. The minimum Gasteiger partial charge on any atom is -0.465 e. The number of aromatic nitrogens is 2. The maximum Gasteiger partial charge on any atom is 0.405 e. The van der Waals surface area contributed by atoms with Crippen LogP contribution in [0.3, 0.4) is 0 Å². The molecule has 0 spiro atoms. The predicted molar refractivity (Wildman–Crippen MR) is 136 cm³/mol. The SMILES string of the molecule is O=C(O)NC(CC/C=C/C(=O)N1CCCC1)C(=O)Nc1cccn(Cc2cc3cc(F)ccc3[nH]2)c1=O. The van der Waals surface area contributed by atoms with Crippen molar-refractivity contribution in [3.63, 3.8) is 0 Å². The van der Waals surface area contributed by atoms with Crippen LogP contribution in [0.15, 0.2) is 59.5 Å². The number of allylic oxidation sites excluding steroid dienone is 1. The molecule has 1 aliphatic heterocycles.